The zero-order valence-electron chi connectivity index (χ0n) is 9.33. The summed E-state index contributed by atoms with van der Waals surface area (Å²) in [6.45, 7) is 5.21. The minimum Gasteiger partial charge on any atom is -0.382 e. The third-order valence-electron chi connectivity index (χ3n) is 1.81. The molecule has 0 aromatic rings. The molecule has 86 valence electrons. The van der Waals surface area contributed by atoms with Crippen LogP contribution in [0.4, 0.5) is 0 Å². The Morgan fingerprint density at radius 3 is 2.71 bits per heavy atom. The predicted molar refractivity (Wildman–Crippen MR) is 62.9 cm³/mol. The first-order chi connectivity index (χ1) is 6.81. The lowest BCUT2D eigenvalue weighted by molar-refractivity contribution is 0.0713. The van der Waals surface area contributed by atoms with Crippen LogP contribution in [-0.2, 0) is 9.47 Å². The Labute approximate surface area is 91.7 Å². The van der Waals surface area contributed by atoms with Crippen molar-refractivity contribution in [3.8, 4) is 0 Å². The van der Waals surface area contributed by atoms with Crippen LogP contribution in [0.5, 0.6) is 0 Å². The summed E-state index contributed by atoms with van der Waals surface area (Å²) in [5.41, 5.74) is 5.52. The van der Waals surface area contributed by atoms with Crippen molar-refractivity contribution in [1.82, 2.24) is 0 Å². The average Bonchev–Trinajstić information content (AvgIpc) is 2.21. The van der Waals surface area contributed by atoms with Crippen LogP contribution in [0, 0.1) is 5.92 Å². The van der Waals surface area contributed by atoms with Crippen LogP contribution in [0.15, 0.2) is 0 Å². The van der Waals surface area contributed by atoms with Gasteiger partial charge in [0.05, 0.1) is 13.2 Å². The molecule has 0 bridgehead atoms. The van der Waals surface area contributed by atoms with Crippen LogP contribution in [-0.4, -0.2) is 45.0 Å². The normalized spacial score (nSPS) is 13.1. The van der Waals surface area contributed by atoms with Crippen molar-refractivity contribution in [3.05, 3.63) is 0 Å². The van der Waals surface area contributed by atoms with Gasteiger partial charge in [0.2, 0.25) is 0 Å². The summed E-state index contributed by atoms with van der Waals surface area (Å²) in [7, 11) is 1.69. The van der Waals surface area contributed by atoms with Gasteiger partial charge in [0.25, 0.3) is 0 Å². The van der Waals surface area contributed by atoms with Crippen LogP contribution in [0.1, 0.15) is 13.3 Å². The van der Waals surface area contributed by atoms with Crippen molar-refractivity contribution in [2.24, 2.45) is 11.7 Å². The fourth-order valence-electron chi connectivity index (χ4n) is 0.860. The van der Waals surface area contributed by atoms with Gasteiger partial charge < -0.3 is 15.2 Å². The van der Waals surface area contributed by atoms with Gasteiger partial charge in [-0.25, -0.2) is 0 Å². The highest BCUT2D eigenvalue weighted by Crippen LogP contribution is 2.08. The Hall–Kier alpha value is 0.230. The fourth-order valence-corrected chi connectivity index (χ4v) is 1.89. The Balaban J connectivity index is 2.92. The van der Waals surface area contributed by atoms with E-state index in [-0.39, 0.29) is 0 Å². The number of rotatable bonds is 10. The molecule has 2 N–H and O–H groups in total. The Bertz CT molecular complexity index is 114. The zero-order valence-corrected chi connectivity index (χ0v) is 10.1. The molecule has 0 fully saturated rings. The maximum absolute atomic E-state index is 5.52. The van der Waals surface area contributed by atoms with Crippen LogP contribution >= 0.6 is 11.8 Å². The summed E-state index contributed by atoms with van der Waals surface area (Å²) in [6, 6.07) is 0. The van der Waals surface area contributed by atoms with Crippen molar-refractivity contribution in [2.75, 3.05) is 45.0 Å². The number of methoxy groups -OCH3 is 1. The van der Waals surface area contributed by atoms with Crippen molar-refractivity contribution in [3.63, 3.8) is 0 Å². The van der Waals surface area contributed by atoms with Crippen molar-refractivity contribution >= 4 is 11.8 Å². The van der Waals surface area contributed by atoms with Crippen molar-refractivity contribution < 1.29 is 9.47 Å². The molecule has 0 rings (SSSR count). The van der Waals surface area contributed by atoms with E-state index in [4.69, 9.17) is 15.2 Å². The van der Waals surface area contributed by atoms with Crippen LogP contribution < -0.4 is 5.73 Å². The van der Waals surface area contributed by atoms with Gasteiger partial charge in [-0.1, -0.05) is 6.92 Å². The standard InChI is InChI=1S/C10H23NO2S/c1-10(8-11)9-14-7-3-4-13-6-5-12-2/h10H,3-9,11H2,1-2H3. The smallest absolute Gasteiger partial charge is 0.0700 e. The van der Waals surface area contributed by atoms with Gasteiger partial charge in [-0.15, -0.1) is 0 Å². The molecule has 0 saturated carbocycles. The number of ether oxygens (including phenoxy) is 2. The number of nitrogens with two attached hydrogens (primary N) is 1. The second-order valence-corrected chi connectivity index (χ2v) is 4.52. The highest BCUT2D eigenvalue weighted by atomic mass is 32.2. The molecular formula is C10H23NO2S. The molecule has 0 aliphatic heterocycles. The largest absolute Gasteiger partial charge is 0.382 e. The summed E-state index contributed by atoms with van der Waals surface area (Å²) in [5, 5.41) is 0. The van der Waals surface area contributed by atoms with E-state index < -0.39 is 0 Å². The third kappa shape index (κ3) is 10.3. The molecule has 0 radical (unpaired) electrons. The molecule has 0 saturated heterocycles. The Morgan fingerprint density at radius 1 is 1.29 bits per heavy atom. The van der Waals surface area contributed by atoms with Gasteiger partial charge in [-0.2, -0.15) is 11.8 Å². The summed E-state index contributed by atoms with van der Waals surface area (Å²) in [5.74, 6) is 2.96. The fraction of sp³-hybridized carbons (Fsp3) is 1.00. The lowest BCUT2D eigenvalue weighted by atomic mass is 10.2. The second kappa shape index (κ2) is 11.3. The van der Waals surface area contributed by atoms with Gasteiger partial charge in [-0.05, 0) is 30.4 Å². The van der Waals surface area contributed by atoms with E-state index >= 15 is 0 Å². The van der Waals surface area contributed by atoms with Gasteiger partial charge in [0, 0.05) is 13.7 Å². The number of hydrogen-bond acceptors (Lipinski definition) is 4. The number of hydrogen-bond donors (Lipinski definition) is 1. The molecule has 0 aromatic heterocycles. The molecule has 0 amide bonds. The van der Waals surface area contributed by atoms with E-state index in [1.54, 1.807) is 7.11 Å². The molecule has 1 unspecified atom stereocenters. The second-order valence-electron chi connectivity index (χ2n) is 3.37. The molecule has 14 heavy (non-hydrogen) atoms. The topological polar surface area (TPSA) is 44.5 Å². The molecule has 3 nitrogen and oxygen atoms in total. The molecule has 0 aliphatic rings. The van der Waals surface area contributed by atoms with Crippen molar-refractivity contribution in [2.45, 2.75) is 13.3 Å². The molecule has 0 heterocycles. The molecular weight excluding hydrogens is 198 g/mol. The highest BCUT2D eigenvalue weighted by Gasteiger charge is 1.98. The third-order valence-corrected chi connectivity index (χ3v) is 3.20. The average molecular weight is 221 g/mol. The molecule has 1 atom stereocenters. The Kier molecular flexibility index (Phi) is 11.5. The van der Waals surface area contributed by atoms with Crippen LogP contribution in [0.25, 0.3) is 0 Å². The quantitative estimate of drug-likeness (QED) is 0.566. The van der Waals surface area contributed by atoms with E-state index in [1.165, 1.54) is 0 Å². The van der Waals surface area contributed by atoms with Gasteiger partial charge in [-0.3, -0.25) is 0 Å². The summed E-state index contributed by atoms with van der Waals surface area (Å²) >= 11 is 1.96. The van der Waals surface area contributed by atoms with Crippen LogP contribution in [0.2, 0.25) is 0 Å². The maximum Gasteiger partial charge on any atom is 0.0700 e. The maximum atomic E-state index is 5.52. The predicted octanol–water partition coefficient (Wildman–Crippen LogP) is 1.37. The lowest BCUT2D eigenvalue weighted by Gasteiger charge is -2.07. The molecule has 4 heteroatoms. The highest BCUT2D eigenvalue weighted by molar-refractivity contribution is 7.99. The SMILES string of the molecule is COCCOCCCSCC(C)CN. The van der Waals surface area contributed by atoms with E-state index in [9.17, 15) is 0 Å². The lowest BCUT2D eigenvalue weighted by Crippen LogP contribution is -2.13. The zero-order chi connectivity index (χ0) is 10.6. The van der Waals surface area contributed by atoms with E-state index in [0.717, 1.165) is 31.1 Å². The molecule has 0 spiro atoms. The van der Waals surface area contributed by atoms with E-state index in [1.807, 2.05) is 11.8 Å². The van der Waals surface area contributed by atoms with Gasteiger partial charge in [0.15, 0.2) is 0 Å². The number of thioether (sulfide) groups is 1. The molecule has 0 aliphatic carbocycles. The van der Waals surface area contributed by atoms with Crippen molar-refractivity contribution in [1.29, 1.82) is 0 Å². The first kappa shape index (κ1) is 14.2. The molecule has 0 aromatic carbocycles. The minimum absolute atomic E-state index is 0.634. The summed E-state index contributed by atoms with van der Waals surface area (Å²) in [4.78, 5) is 0. The minimum atomic E-state index is 0.634. The summed E-state index contributed by atoms with van der Waals surface area (Å²) in [6.07, 6.45) is 1.12. The van der Waals surface area contributed by atoms with Crippen LogP contribution in [0.3, 0.4) is 0 Å². The first-order valence-electron chi connectivity index (χ1n) is 5.15. The van der Waals surface area contributed by atoms with Gasteiger partial charge in [0.1, 0.15) is 0 Å². The van der Waals surface area contributed by atoms with E-state index in [2.05, 4.69) is 6.92 Å². The Morgan fingerprint density at radius 2 is 2.07 bits per heavy atom. The summed E-state index contributed by atoms with van der Waals surface area (Å²) < 4.78 is 10.2. The van der Waals surface area contributed by atoms with E-state index in [0.29, 0.717) is 19.1 Å². The van der Waals surface area contributed by atoms with Gasteiger partial charge >= 0.3 is 0 Å². The monoisotopic (exact) mass is 221 g/mol. The first-order valence-corrected chi connectivity index (χ1v) is 6.31.